The largest absolute Gasteiger partial charge is 0.231 e. The van der Waals surface area contributed by atoms with E-state index in [9.17, 15) is 16.8 Å². The van der Waals surface area contributed by atoms with Gasteiger partial charge in [0.15, 0.2) is 26.0 Å². The molecule has 4 nitrogen and oxygen atoms in total. The van der Waals surface area contributed by atoms with Crippen LogP contribution in [-0.2, 0) is 21.4 Å². The summed E-state index contributed by atoms with van der Waals surface area (Å²) in [4.78, 5) is 0. The molecule has 0 atom stereocenters. The molecule has 0 heterocycles. The van der Waals surface area contributed by atoms with Gasteiger partial charge in [-0.15, -0.1) is 0 Å². The lowest BCUT2D eigenvalue weighted by atomic mass is 10.4. The van der Waals surface area contributed by atoms with E-state index in [1.165, 1.54) is 0 Å². The summed E-state index contributed by atoms with van der Waals surface area (Å²) in [5, 5.41) is 0. The fourth-order valence-corrected chi connectivity index (χ4v) is 2.10. The maximum absolute atomic E-state index is 10.2. The van der Waals surface area contributed by atoms with Crippen molar-refractivity contribution in [2.24, 2.45) is 0 Å². The van der Waals surface area contributed by atoms with E-state index >= 15 is 0 Å². The second-order valence-corrected chi connectivity index (χ2v) is 4.64. The van der Waals surface area contributed by atoms with Gasteiger partial charge in [-0.3, -0.25) is 0 Å². The number of hydrogen-bond donors (Lipinski definition) is 2. The van der Waals surface area contributed by atoms with Gasteiger partial charge in [0, 0.05) is 0 Å². The van der Waals surface area contributed by atoms with Crippen molar-refractivity contribution in [1.82, 2.24) is 0 Å². The molecule has 0 aromatic heterocycles. The van der Waals surface area contributed by atoms with Crippen LogP contribution in [0, 0.1) is 0 Å². The molecule has 6 heteroatoms. The van der Waals surface area contributed by atoms with Crippen LogP contribution in [-0.4, -0.2) is 21.4 Å². The average Bonchev–Trinajstić information content (AvgIpc) is 1.81. The van der Waals surface area contributed by atoms with Crippen LogP contribution in [0.15, 0.2) is 0 Å². The van der Waals surface area contributed by atoms with Crippen molar-refractivity contribution in [3.05, 3.63) is 0 Å². The van der Waals surface area contributed by atoms with Gasteiger partial charge in [-0.25, -0.2) is 16.8 Å². The van der Waals surface area contributed by atoms with E-state index in [1.54, 1.807) is 6.92 Å². The van der Waals surface area contributed by atoms with Crippen LogP contribution >= 0.6 is 0 Å². The van der Waals surface area contributed by atoms with E-state index in [0.717, 1.165) is 0 Å². The Bertz CT molecular complexity index is 189. The zero-order valence-corrected chi connectivity index (χ0v) is 7.31. The lowest BCUT2D eigenvalue weighted by Crippen LogP contribution is -2.10. The fourth-order valence-electron chi connectivity index (χ4n) is 0.546. The van der Waals surface area contributed by atoms with Gasteiger partial charge < -0.3 is 0 Å². The van der Waals surface area contributed by atoms with Crippen molar-refractivity contribution in [3.63, 3.8) is 0 Å². The molecule has 0 aliphatic heterocycles. The third kappa shape index (κ3) is 3.17. The van der Waals surface area contributed by atoms with E-state index in [4.69, 9.17) is 0 Å². The molecule has 0 fully saturated rings. The second-order valence-electron chi connectivity index (χ2n) is 1.84. The molecule has 0 saturated heterocycles. The van der Waals surface area contributed by atoms with Crippen LogP contribution in [0.5, 0.6) is 0 Å². The normalized spacial score (nSPS) is 11.6. The summed E-state index contributed by atoms with van der Waals surface area (Å²) in [6.07, 6.45) is 0.773. The molecular weight excluding hydrogens is 176 g/mol. The Labute approximate surface area is 63.1 Å². The molecule has 0 aromatic rings. The van der Waals surface area contributed by atoms with Gasteiger partial charge in [0.25, 0.3) is 0 Å². The Balaban J connectivity index is 4.27. The van der Waals surface area contributed by atoms with Crippen LogP contribution in [0.3, 0.4) is 0 Å². The van der Waals surface area contributed by atoms with Gasteiger partial charge in [0.1, 0.15) is 0 Å². The highest BCUT2D eigenvalue weighted by atomic mass is 32.2. The average molecular weight is 186 g/mol. The highest BCUT2D eigenvalue weighted by Gasteiger charge is 2.12. The molecule has 0 N–H and O–H groups in total. The SMILES string of the molecule is CCCC([SH](=O)=O)[SH](=O)=O. The summed E-state index contributed by atoms with van der Waals surface area (Å²) in [6, 6.07) is 0. The first-order valence-electron chi connectivity index (χ1n) is 2.86. The van der Waals surface area contributed by atoms with Crippen LogP contribution in [0.1, 0.15) is 19.8 Å². The number of rotatable bonds is 4. The van der Waals surface area contributed by atoms with Crippen molar-refractivity contribution >= 4 is 21.4 Å². The third-order valence-electron chi connectivity index (χ3n) is 1.03. The molecule has 0 aromatic carbocycles. The first kappa shape index (κ1) is 9.90. The summed E-state index contributed by atoms with van der Waals surface area (Å²) in [6.45, 7) is 1.74. The zero-order chi connectivity index (χ0) is 8.15. The molecular formula is C4H10O4S2. The lowest BCUT2D eigenvalue weighted by molar-refractivity contribution is 0.590. The monoisotopic (exact) mass is 186 g/mol. The van der Waals surface area contributed by atoms with Crippen LogP contribution in [0.2, 0.25) is 0 Å². The van der Waals surface area contributed by atoms with Crippen LogP contribution in [0.25, 0.3) is 0 Å². The molecule has 0 aliphatic rings. The second kappa shape index (κ2) is 4.68. The Morgan fingerprint density at radius 2 is 1.50 bits per heavy atom. The summed E-state index contributed by atoms with van der Waals surface area (Å²) >= 11 is 0. The van der Waals surface area contributed by atoms with E-state index in [-0.39, 0.29) is 6.42 Å². The molecule has 0 bridgehead atoms. The highest BCUT2D eigenvalue weighted by molar-refractivity contribution is 7.91. The first-order chi connectivity index (χ1) is 4.59. The van der Waals surface area contributed by atoms with Gasteiger partial charge in [0.05, 0.1) is 0 Å². The molecule has 10 heavy (non-hydrogen) atoms. The van der Waals surface area contributed by atoms with Gasteiger partial charge in [-0.1, -0.05) is 13.3 Å². The topological polar surface area (TPSA) is 68.3 Å². The molecule has 0 unspecified atom stereocenters. The lowest BCUT2D eigenvalue weighted by Gasteiger charge is -1.96. The van der Waals surface area contributed by atoms with Gasteiger partial charge >= 0.3 is 0 Å². The Hall–Kier alpha value is -0.100. The minimum atomic E-state index is -2.81. The molecule has 0 saturated carbocycles. The zero-order valence-electron chi connectivity index (χ0n) is 5.52. The maximum atomic E-state index is 10.2. The molecule has 0 spiro atoms. The van der Waals surface area contributed by atoms with Crippen LogP contribution < -0.4 is 0 Å². The maximum Gasteiger partial charge on any atom is 0.157 e. The van der Waals surface area contributed by atoms with E-state index in [0.29, 0.717) is 6.42 Å². The number of thiol groups is 2. The van der Waals surface area contributed by atoms with E-state index in [2.05, 4.69) is 0 Å². The van der Waals surface area contributed by atoms with Crippen LogP contribution in [0.4, 0.5) is 0 Å². The molecule has 0 rings (SSSR count). The third-order valence-corrected chi connectivity index (χ3v) is 3.65. The van der Waals surface area contributed by atoms with E-state index < -0.39 is 26.0 Å². The minimum absolute atomic E-state index is 0.206. The summed E-state index contributed by atoms with van der Waals surface area (Å²) < 4.78 is 39.6. The van der Waals surface area contributed by atoms with Crippen molar-refractivity contribution < 1.29 is 16.8 Å². The molecule has 0 amide bonds. The summed E-state index contributed by atoms with van der Waals surface area (Å²) in [5.74, 6) is 0. The van der Waals surface area contributed by atoms with Gasteiger partial charge in [0.2, 0.25) is 0 Å². The molecule has 0 aliphatic carbocycles. The van der Waals surface area contributed by atoms with Crippen molar-refractivity contribution in [2.75, 3.05) is 0 Å². The van der Waals surface area contributed by atoms with Crippen molar-refractivity contribution in [2.45, 2.75) is 24.3 Å². The van der Waals surface area contributed by atoms with Crippen molar-refractivity contribution in [3.8, 4) is 0 Å². The van der Waals surface area contributed by atoms with Gasteiger partial charge in [-0.2, -0.15) is 0 Å². The quantitative estimate of drug-likeness (QED) is 0.572. The Kier molecular flexibility index (Phi) is 4.63. The predicted octanol–water partition coefficient (Wildman–Crippen LogP) is -0.665. The Morgan fingerprint density at radius 3 is 1.60 bits per heavy atom. The highest BCUT2D eigenvalue weighted by Crippen LogP contribution is 2.00. The first-order valence-corrected chi connectivity index (χ1v) is 5.36. The number of hydrogen-bond acceptors (Lipinski definition) is 4. The molecule has 62 valence electrons. The minimum Gasteiger partial charge on any atom is -0.231 e. The fraction of sp³-hybridized carbons (Fsp3) is 1.00. The smallest absolute Gasteiger partial charge is 0.157 e. The Morgan fingerprint density at radius 1 is 1.10 bits per heavy atom. The standard InChI is InChI=1S/C4H10O4S2/c1-2-3-4(9(5)6)10(7)8/h4,9-10H,2-3H2,1H3. The summed E-state index contributed by atoms with van der Waals surface area (Å²) in [5.41, 5.74) is 0. The van der Waals surface area contributed by atoms with Crippen molar-refractivity contribution in [1.29, 1.82) is 0 Å². The van der Waals surface area contributed by atoms with E-state index in [1.807, 2.05) is 0 Å². The predicted molar refractivity (Wildman–Crippen MR) is 39.3 cm³/mol. The summed E-state index contributed by atoms with van der Waals surface area (Å²) in [7, 11) is -5.61. The molecule has 0 radical (unpaired) electrons. The van der Waals surface area contributed by atoms with Gasteiger partial charge in [-0.05, 0) is 6.42 Å².